The maximum absolute atomic E-state index is 13.3. The highest BCUT2D eigenvalue weighted by molar-refractivity contribution is 5.94. The Morgan fingerprint density at radius 2 is 1.41 bits per heavy atom. The largest absolute Gasteiger partial charge is 0.480 e. The first kappa shape index (κ1) is 32.9. The summed E-state index contributed by atoms with van der Waals surface area (Å²) in [5.74, 6) is -4.09. The van der Waals surface area contributed by atoms with Crippen LogP contribution in [0.3, 0.4) is 0 Å². The van der Waals surface area contributed by atoms with E-state index in [4.69, 9.17) is 34.4 Å². The summed E-state index contributed by atoms with van der Waals surface area (Å²) in [5.41, 5.74) is 32.3. The van der Waals surface area contributed by atoms with Crippen LogP contribution in [0.5, 0.6) is 0 Å². The summed E-state index contributed by atoms with van der Waals surface area (Å²) in [5, 5.41) is 14.6. The minimum Gasteiger partial charge on any atom is -0.480 e. The maximum atomic E-state index is 13.3. The number of primary amides is 1. The predicted octanol–water partition coefficient (Wildman–Crippen LogP) is -4.27. The predicted molar refractivity (Wildman–Crippen MR) is 142 cm³/mol. The van der Waals surface area contributed by atoms with Gasteiger partial charge in [0.15, 0.2) is 11.9 Å². The average molecular weight is 556 g/mol. The molecular formula is C22H41N11O6. The molecule has 0 saturated carbocycles. The minimum absolute atomic E-state index is 0.0883. The summed E-state index contributed by atoms with van der Waals surface area (Å²) in [4.78, 5) is 71.0. The van der Waals surface area contributed by atoms with Gasteiger partial charge in [0, 0.05) is 26.1 Å². The molecule has 1 saturated heterocycles. The van der Waals surface area contributed by atoms with Crippen LogP contribution in [0.1, 0.15) is 51.4 Å². The van der Waals surface area contributed by atoms with Gasteiger partial charge in [0.25, 0.3) is 0 Å². The molecule has 4 amide bonds. The summed E-state index contributed by atoms with van der Waals surface area (Å²) < 4.78 is 0. The number of carboxylic acids is 1. The zero-order valence-electron chi connectivity index (χ0n) is 21.9. The molecule has 15 N–H and O–H groups in total. The lowest BCUT2D eigenvalue weighted by Gasteiger charge is -2.29. The van der Waals surface area contributed by atoms with E-state index in [2.05, 4.69) is 20.6 Å². The molecule has 0 aromatic heterocycles. The number of nitrogens with one attached hydrogen (secondary N) is 2. The second-order valence-corrected chi connectivity index (χ2v) is 9.16. The van der Waals surface area contributed by atoms with Gasteiger partial charge in [-0.2, -0.15) is 0 Å². The highest BCUT2D eigenvalue weighted by Gasteiger charge is 2.38. The number of carboxylic acid groups (broad SMARTS) is 1. The van der Waals surface area contributed by atoms with Crippen molar-refractivity contribution in [1.29, 1.82) is 0 Å². The number of nitrogens with two attached hydrogens (primary N) is 6. The molecule has 1 aliphatic heterocycles. The molecule has 39 heavy (non-hydrogen) atoms. The van der Waals surface area contributed by atoms with Crippen molar-refractivity contribution in [1.82, 2.24) is 15.5 Å². The fourth-order valence-corrected chi connectivity index (χ4v) is 4.01. The molecule has 0 radical (unpaired) electrons. The second-order valence-electron chi connectivity index (χ2n) is 9.16. The third-order valence-corrected chi connectivity index (χ3v) is 6.00. The lowest BCUT2D eigenvalue weighted by Crippen LogP contribution is -2.57. The van der Waals surface area contributed by atoms with Gasteiger partial charge >= 0.3 is 5.97 Å². The van der Waals surface area contributed by atoms with Crippen molar-refractivity contribution < 1.29 is 29.1 Å². The molecule has 0 spiro atoms. The standard InChI is InChI=1S/C22H41N11O6/c23-12(4-1-9-29-21(25)26)17(35)31-13(7-8-16(24)34)18(36)32-14(5-2-10-30-22(27)28)19(37)33-11-3-6-15(33)20(38)39/h12-15H,1-11,23H2,(H2,24,34)(H,31,35)(H,32,36)(H,38,39)(H4,25,26,29)(H4,27,28,30). The summed E-state index contributed by atoms with van der Waals surface area (Å²) in [7, 11) is 0. The van der Waals surface area contributed by atoms with Gasteiger partial charge < -0.3 is 55.0 Å². The minimum atomic E-state index is -1.24. The number of aliphatic carboxylic acids is 1. The van der Waals surface area contributed by atoms with Crippen molar-refractivity contribution in [3.05, 3.63) is 0 Å². The Morgan fingerprint density at radius 3 is 1.95 bits per heavy atom. The normalized spacial score (nSPS) is 16.8. The Labute approximate surface area is 226 Å². The Hall–Kier alpha value is -4.15. The molecule has 4 unspecified atom stereocenters. The van der Waals surface area contributed by atoms with Crippen LogP contribution >= 0.6 is 0 Å². The molecule has 220 valence electrons. The van der Waals surface area contributed by atoms with Crippen molar-refractivity contribution in [3.8, 4) is 0 Å². The SMILES string of the molecule is NC(=O)CCC(NC(=O)C(N)CCCN=C(N)N)C(=O)NC(CCCN=C(N)N)C(=O)N1CCCC1C(=O)O. The van der Waals surface area contributed by atoms with E-state index in [1.165, 1.54) is 4.90 Å². The molecule has 1 fully saturated rings. The van der Waals surface area contributed by atoms with Gasteiger partial charge in [-0.15, -0.1) is 0 Å². The van der Waals surface area contributed by atoms with Crippen LogP contribution in [0.4, 0.5) is 0 Å². The van der Waals surface area contributed by atoms with E-state index in [9.17, 15) is 29.1 Å². The fraction of sp³-hybridized carbons (Fsp3) is 0.682. The summed E-state index contributed by atoms with van der Waals surface area (Å²) >= 11 is 0. The van der Waals surface area contributed by atoms with Gasteiger partial charge in [0.1, 0.15) is 18.1 Å². The zero-order chi connectivity index (χ0) is 29.5. The molecule has 1 rings (SSSR count). The van der Waals surface area contributed by atoms with Gasteiger partial charge in [-0.25, -0.2) is 4.79 Å². The van der Waals surface area contributed by atoms with Crippen LogP contribution in [-0.2, 0) is 24.0 Å². The van der Waals surface area contributed by atoms with Crippen LogP contribution < -0.4 is 45.0 Å². The Kier molecular flexibility index (Phi) is 14.0. The van der Waals surface area contributed by atoms with Crippen LogP contribution in [-0.4, -0.2) is 95.3 Å². The molecule has 0 aromatic carbocycles. The molecule has 17 nitrogen and oxygen atoms in total. The first-order valence-electron chi connectivity index (χ1n) is 12.6. The fourth-order valence-electron chi connectivity index (χ4n) is 4.01. The second kappa shape index (κ2) is 16.6. The smallest absolute Gasteiger partial charge is 0.326 e. The van der Waals surface area contributed by atoms with E-state index < -0.39 is 53.8 Å². The van der Waals surface area contributed by atoms with Crippen LogP contribution in [0.25, 0.3) is 0 Å². The Morgan fingerprint density at radius 1 is 0.846 bits per heavy atom. The zero-order valence-corrected chi connectivity index (χ0v) is 21.9. The number of nitrogens with zero attached hydrogens (tertiary/aromatic N) is 3. The van der Waals surface area contributed by atoms with Crippen LogP contribution in [0.2, 0.25) is 0 Å². The number of likely N-dealkylation sites (tertiary alicyclic amines) is 1. The van der Waals surface area contributed by atoms with Crippen molar-refractivity contribution >= 4 is 41.5 Å². The van der Waals surface area contributed by atoms with Crippen molar-refractivity contribution in [2.75, 3.05) is 19.6 Å². The summed E-state index contributed by atoms with van der Waals surface area (Å²) in [6, 6.07) is -4.39. The first-order chi connectivity index (χ1) is 18.3. The lowest BCUT2D eigenvalue weighted by molar-refractivity contribution is -0.149. The molecule has 17 heteroatoms. The molecule has 0 aromatic rings. The molecule has 0 bridgehead atoms. The number of aliphatic imine (C=N–C) groups is 2. The van der Waals surface area contributed by atoms with E-state index in [0.29, 0.717) is 19.3 Å². The van der Waals surface area contributed by atoms with Gasteiger partial charge in [0.2, 0.25) is 23.6 Å². The first-order valence-corrected chi connectivity index (χ1v) is 12.6. The average Bonchev–Trinajstić information content (AvgIpc) is 3.35. The van der Waals surface area contributed by atoms with Crippen LogP contribution in [0.15, 0.2) is 9.98 Å². The number of carbonyl (C=O) groups excluding carboxylic acids is 4. The number of hydrogen-bond donors (Lipinski definition) is 9. The van der Waals surface area contributed by atoms with E-state index >= 15 is 0 Å². The van der Waals surface area contributed by atoms with E-state index in [1.54, 1.807) is 0 Å². The topological polar surface area (TPSA) is 314 Å². The van der Waals surface area contributed by atoms with E-state index in [-0.39, 0.29) is 63.7 Å². The van der Waals surface area contributed by atoms with Gasteiger partial charge in [-0.1, -0.05) is 0 Å². The molecule has 0 aliphatic carbocycles. The number of hydrogen-bond acceptors (Lipinski definition) is 8. The number of guanidine groups is 2. The number of rotatable bonds is 17. The van der Waals surface area contributed by atoms with Gasteiger partial charge in [-0.3, -0.25) is 29.2 Å². The highest BCUT2D eigenvalue weighted by Crippen LogP contribution is 2.20. The van der Waals surface area contributed by atoms with Gasteiger partial charge in [-0.05, 0) is 44.9 Å². The van der Waals surface area contributed by atoms with E-state index in [0.717, 1.165) is 0 Å². The van der Waals surface area contributed by atoms with Crippen molar-refractivity contribution in [2.45, 2.75) is 75.5 Å². The molecular weight excluding hydrogens is 514 g/mol. The third-order valence-electron chi connectivity index (χ3n) is 6.00. The third kappa shape index (κ3) is 12.3. The van der Waals surface area contributed by atoms with E-state index in [1.807, 2.05) is 0 Å². The highest BCUT2D eigenvalue weighted by atomic mass is 16.4. The number of carbonyl (C=O) groups is 5. The Bertz CT molecular complexity index is 933. The maximum Gasteiger partial charge on any atom is 0.326 e. The quantitative estimate of drug-likeness (QED) is 0.0469. The molecule has 1 heterocycles. The van der Waals surface area contributed by atoms with Crippen LogP contribution in [0, 0.1) is 0 Å². The lowest BCUT2D eigenvalue weighted by atomic mass is 10.1. The van der Waals surface area contributed by atoms with Crippen molar-refractivity contribution in [2.24, 2.45) is 44.4 Å². The summed E-state index contributed by atoms with van der Waals surface area (Å²) in [6.07, 6.45) is 1.40. The number of amides is 4. The Balaban J connectivity index is 3.00. The van der Waals surface area contributed by atoms with Gasteiger partial charge in [0.05, 0.1) is 6.04 Å². The molecule has 1 aliphatic rings. The monoisotopic (exact) mass is 555 g/mol. The van der Waals surface area contributed by atoms with Crippen molar-refractivity contribution in [3.63, 3.8) is 0 Å². The summed E-state index contributed by atoms with van der Waals surface area (Å²) in [6.45, 7) is 0.639. The molecule has 4 atom stereocenters.